The average molecular weight is 426 g/mol. The molecule has 2 aromatic carbocycles. The Balaban J connectivity index is 1.48. The fourth-order valence-corrected chi connectivity index (χ4v) is 2.55. The Labute approximate surface area is 176 Å². The van der Waals surface area contributed by atoms with E-state index in [0.717, 1.165) is 6.08 Å². The molecule has 160 valence electrons. The second-order valence-corrected chi connectivity index (χ2v) is 6.22. The number of carbonyl (C=O) groups excluding carboxylic acids is 3. The van der Waals surface area contributed by atoms with Crippen LogP contribution < -0.4 is 20.1 Å². The van der Waals surface area contributed by atoms with E-state index < -0.39 is 30.4 Å². The van der Waals surface area contributed by atoms with Crippen molar-refractivity contribution in [1.29, 1.82) is 0 Å². The Kier molecular flexibility index (Phi) is 6.84. The Hall–Kier alpha value is -4.34. The maximum atomic E-state index is 12.1. The third-order valence-corrected chi connectivity index (χ3v) is 3.93. The molecule has 1 aliphatic rings. The number of benzene rings is 2. The Bertz CT molecular complexity index is 1030. The lowest BCUT2D eigenvalue weighted by molar-refractivity contribution is -0.131. The van der Waals surface area contributed by atoms with Crippen LogP contribution >= 0.6 is 0 Å². The van der Waals surface area contributed by atoms with Crippen LogP contribution in [0.15, 0.2) is 54.6 Å². The van der Waals surface area contributed by atoms with Gasteiger partial charge in [-0.1, -0.05) is 0 Å². The van der Waals surface area contributed by atoms with Crippen molar-refractivity contribution in [3.05, 3.63) is 60.2 Å². The molecule has 10 heteroatoms. The van der Waals surface area contributed by atoms with Crippen molar-refractivity contribution < 1.29 is 38.5 Å². The molecule has 1 aliphatic heterocycles. The first kappa shape index (κ1) is 21.4. The van der Waals surface area contributed by atoms with Gasteiger partial charge in [0.05, 0.1) is 5.56 Å². The number of carbonyl (C=O) groups is 4. The van der Waals surface area contributed by atoms with E-state index in [2.05, 4.69) is 10.6 Å². The summed E-state index contributed by atoms with van der Waals surface area (Å²) >= 11 is 0. The van der Waals surface area contributed by atoms with Gasteiger partial charge >= 0.3 is 11.9 Å². The van der Waals surface area contributed by atoms with Crippen LogP contribution in [-0.2, 0) is 19.1 Å². The molecule has 0 saturated heterocycles. The van der Waals surface area contributed by atoms with Crippen LogP contribution in [0.3, 0.4) is 0 Å². The van der Waals surface area contributed by atoms with E-state index in [9.17, 15) is 19.2 Å². The van der Waals surface area contributed by atoms with Crippen molar-refractivity contribution in [2.75, 3.05) is 30.5 Å². The molecule has 0 atom stereocenters. The minimum absolute atomic E-state index is 0.172. The van der Waals surface area contributed by atoms with Gasteiger partial charge in [-0.3, -0.25) is 9.59 Å². The molecule has 0 spiro atoms. The predicted octanol–water partition coefficient (Wildman–Crippen LogP) is 1.83. The zero-order valence-electron chi connectivity index (χ0n) is 16.1. The maximum Gasteiger partial charge on any atom is 0.338 e. The molecule has 31 heavy (non-hydrogen) atoms. The number of aliphatic carboxylic acids is 1. The van der Waals surface area contributed by atoms with Gasteiger partial charge in [0.2, 0.25) is 5.91 Å². The summed E-state index contributed by atoms with van der Waals surface area (Å²) in [4.78, 5) is 46.1. The smallest absolute Gasteiger partial charge is 0.338 e. The van der Waals surface area contributed by atoms with Crippen LogP contribution in [0.2, 0.25) is 0 Å². The lowest BCUT2D eigenvalue weighted by Gasteiger charge is -2.19. The van der Waals surface area contributed by atoms with Crippen molar-refractivity contribution in [3.63, 3.8) is 0 Å². The number of fused-ring (bicyclic) bond motifs is 1. The lowest BCUT2D eigenvalue weighted by atomic mass is 10.2. The van der Waals surface area contributed by atoms with Gasteiger partial charge in [0.1, 0.15) is 13.2 Å². The second-order valence-electron chi connectivity index (χ2n) is 6.22. The Morgan fingerprint density at radius 3 is 2.29 bits per heavy atom. The number of hydrogen-bond acceptors (Lipinski definition) is 7. The molecule has 2 aromatic rings. The molecular weight excluding hydrogens is 408 g/mol. The summed E-state index contributed by atoms with van der Waals surface area (Å²) in [6.07, 6.45) is 1.57. The number of esters is 1. The van der Waals surface area contributed by atoms with Gasteiger partial charge in [0.15, 0.2) is 18.1 Å². The Morgan fingerprint density at radius 2 is 1.58 bits per heavy atom. The molecule has 0 fully saturated rings. The summed E-state index contributed by atoms with van der Waals surface area (Å²) in [5.74, 6) is -2.01. The maximum absolute atomic E-state index is 12.1. The van der Waals surface area contributed by atoms with Crippen molar-refractivity contribution in [3.8, 4) is 11.5 Å². The first-order valence-electron chi connectivity index (χ1n) is 9.09. The average Bonchev–Trinajstić information content (AvgIpc) is 2.76. The largest absolute Gasteiger partial charge is 0.486 e. The van der Waals surface area contributed by atoms with Crippen LogP contribution in [-0.4, -0.2) is 48.7 Å². The number of ether oxygens (including phenoxy) is 3. The zero-order valence-corrected chi connectivity index (χ0v) is 16.1. The summed E-state index contributed by atoms with van der Waals surface area (Å²) < 4.78 is 15.8. The van der Waals surface area contributed by atoms with Crippen molar-refractivity contribution in [1.82, 2.24) is 0 Å². The number of amides is 2. The van der Waals surface area contributed by atoms with Crippen LogP contribution in [0.25, 0.3) is 0 Å². The number of anilines is 2. The minimum atomic E-state index is -1.24. The fraction of sp³-hybridized carbons (Fsp3) is 0.143. The summed E-state index contributed by atoms with van der Waals surface area (Å²) in [7, 11) is 0. The Morgan fingerprint density at radius 1 is 0.903 bits per heavy atom. The summed E-state index contributed by atoms with van der Waals surface area (Å²) in [6.45, 7) is 0.388. The molecule has 0 bridgehead atoms. The number of nitrogens with one attached hydrogen (secondary N) is 2. The third-order valence-electron chi connectivity index (χ3n) is 3.93. The lowest BCUT2D eigenvalue weighted by Crippen LogP contribution is -2.21. The summed E-state index contributed by atoms with van der Waals surface area (Å²) in [6, 6.07) is 10.6. The van der Waals surface area contributed by atoms with Crippen LogP contribution in [0.4, 0.5) is 11.4 Å². The topological polar surface area (TPSA) is 140 Å². The second kappa shape index (κ2) is 9.92. The first-order chi connectivity index (χ1) is 14.9. The van der Waals surface area contributed by atoms with Crippen molar-refractivity contribution in [2.24, 2.45) is 0 Å². The SMILES string of the molecule is O=C(O)/C=C/C(=O)Nc1ccc(C(=O)OCC(=O)Nc2ccc3c(c2)OCCO3)cc1. The quantitative estimate of drug-likeness (QED) is 0.450. The first-order valence-corrected chi connectivity index (χ1v) is 9.09. The molecule has 3 rings (SSSR count). The van der Waals surface area contributed by atoms with E-state index in [-0.39, 0.29) is 5.56 Å². The summed E-state index contributed by atoms with van der Waals surface area (Å²) in [5, 5.41) is 13.5. The standard InChI is InChI=1S/C21H18N2O8/c24-18(7-8-20(26)27)22-14-3-1-13(2-4-14)21(28)31-12-19(25)23-15-5-6-16-17(11-15)30-10-9-29-16/h1-8,11H,9-10,12H2,(H,22,24)(H,23,25)(H,26,27)/b8-7+. The number of hydrogen-bond donors (Lipinski definition) is 3. The van der Waals surface area contributed by atoms with Gasteiger partial charge in [-0.25, -0.2) is 9.59 Å². The van der Waals surface area contributed by atoms with Crippen molar-refractivity contribution in [2.45, 2.75) is 0 Å². The summed E-state index contributed by atoms with van der Waals surface area (Å²) in [5.41, 5.74) is 1.00. The van der Waals surface area contributed by atoms with Gasteiger partial charge in [0.25, 0.3) is 5.91 Å². The molecule has 10 nitrogen and oxygen atoms in total. The molecule has 1 heterocycles. The van der Waals surface area contributed by atoms with Gasteiger partial charge in [-0.2, -0.15) is 0 Å². The molecular formula is C21H18N2O8. The van der Waals surface area contributed by atoms with E-state index in [1.165, 1.54) is 24.3 Å². The molecule has 3 N–H and O–H groups in total. The van der Waals surface area contributed by atoms with E-state index in [1.807, 2.05) is 0 Å². The molecule has 0 aliphatic carbocycles. The van der Waals surface area contributed by atoms with Gasteiger partial charge in [0, 0.05) is 29.6 Å². The zero-order chi connectivity index (χ0) is 22.2. The van der Waals surface area contributed by atoms with Crippen LogP contribution in [0.1, 0.15) is 10.4 Å². The normalized spacial score (nSPS) is 12.1. The number of carboxylic acid groups (broad SMARTS) is 1. The van der Waals surface area contributed by atoms with Gasteiger partial charge in [-0.05, 0) is 36.4 Å². The van der Waals surface area contributed by atoms with Gasteiger partial charge < -0.3 is 30.0 Å². The van der Waals surface area contributed by atoms with E-state index in [1.54, 1.807) is 18.2 Å². The minimum Gasteiger partial charge on any atom is -0.486 e. The molecule has 2 amide bonds. The monoisotopic (exact) mass is 426 g/mol. The van der Waals surface area contributed by atoms with Crippen molar-refractivity contribution >= 4 is 35.1 Å². The van der Waals surface area contributed by atoms with Crippen LogP contribution in [0.5, 0.6) is 11.5 Å². The van der Waals surface area contributed by atoms with E-state index in [0.29, 0.717) is 42.2 Å². The third kappa shape index (κ3) is 6.32. The molecule has 0 aromatic heterocycles. The molecule has 0 unspecified atom stereocenters. The highest BCUT2D eigenvalue weighted by molar-refractivity contribution is 6.02. The highest BCUT2D eigenvalue weighted by Crippen LogP contribution is 2.32. The van der Waals surface area contributed by atoms with Gasteiger partial charge in [-0.15, -0.1) is 0 Å². The fourth-order valence-electron chi connectivity index (χ4n) is 2.55. The number of rotatable bonds is 7. The van der Waals surface area contributed by atoms with E-state index >= 15 is 0 Å². The van der Waals surface area contributed by atoms with E-state index in [4.69, 9.17) is 19.3 Å². The predicted molar refractivity (Wildman–Crippen MR) is 108 cm³/mol. The molecule has 0 saturated carbocycles. The highest BCUT2D eigenvalue weighted by Gasteiger charge is 2.14. The highest BCUT2D eigenvalue weighted by atomic mass is 16.6. The van der Waals surface area contributed by atoms with Crippen LogP contribution in [0, 0.1) is 0 Å². The number of carboxylic acids is 1. The molecule has 0 radical (unpaired) electrons.